The van der Waals surface area contributed by atoms with Crippen LogP contribution in [0, 0.1) is 6.92 Å². The number of azo groups is 1. The largest absolute Gasteiger partial charge is 1.00 e. The van der Waals surface area contributed by atoms with Gasteiger partial charge in [-0.15, -0.1) is 0 Å². The van der Waals surface area contributed by atoms with Crippen molar-refractivity contribution in [3.63, 3.8) is 0 Å². The molecule has 0 saturated carbocycles. The maximum atomic E-state index is 11.0. The molecule has 0 aromatic heterocycles. The van der Waals surface area contributed by atoms with Gasteiger partial charge < -0.3 is 15.2 Å². The zero-order chi connectivity index (χ0) is 18.4. The minimum atomic E-state index is -4.33. The number of anilines is 2. The molecule has 0 spiro atoms. The van der Waals surface area contributed by atoms with E-state index in [1.165, 1.54) is 6.92 Å². The molecule has 10 heteroatoms. The molecule has 0 aliphatic rings. The summed E-state index contributed by atoms with van der Waals surface area (Å²) in [6.45, 7) is 3.23. The molecule has 0 heterocycles. The molecule has 0 fully saturated rings. The zero-order valence-corrected chi connectivity index (χ0v) is 17.5. The van der Waals surface area contributed by atoms with Crippen molar-refractivity contribution in [1.29, 1.82) is 0 Å². The third kappa shape index (κ3) is 7.63. The first kappa shape index (κ1) is 22.3. The Morgan fingerprint density at radius 2 is 1.69 bits per heavy atom. The second-order valence-corrected chi connectivity index (χ2v) is 6.71. The maximum absolute atomic E-state index is 11.0. The number of aryl methyl sites for hydroxylation is 1. The topological polar surface area (TPSA) is 123 Å². The Kier molecular flexibility index (Phi) is 8.38. The average Bonchev–Trinajstić information content (AvgIpc) is 2.52. The van der Waals surface area contributed by atoms with Crippen LogP contribution in [0.15, 0.2) is 52.7 Å². The van der Waals surface area contributed by atoms with Crippen LogP contribution in [0.2, 0.25) is 0 Å². The molecule has 132 valence electrons. The summed E-state index contributed by atoms with van der Waals surface area (Å²) in [6, 6.07) is 11.9. The minimum Gasteiger partial charge on any atom is -0.747 e. The number of carbonyl (C=O) groups is 1. The fraction of sp³-hybridized carbons (Fsp3) is 0.188. The summed E-state index contributed by atoms with van der Waals surface area (Å²) in [4.78, 5) is 11.0. The van der Waals surface area contributed by atoms with E-state index < -0.39 is 16.0 Å². The first-order chi connectivity index (χ1) is 11.7. The number of rotatable bonds is 6. The fourth-order valence-electron chi connectivity index (χ4n) is 1.98. The molecule has 0 aliphatic heterocycles. The summed E-state index contributed by atoms with van der Waals surface area (Å²) in [7, 11) is -4.33. The average molecular weight is 384 g/mol. The number of nitrogens with zero attached hydrogens (tertiary/aromatic N) is 2. The quantitative estimate of drug-likeness (QED) is 0.421. The van der Waals surface area contributed by atoms with Crippen LogP contribution in [0.25, 0.3) is 0 Å². The third-order valence-corrected chi connectivity index (χ3v) is 3.61. The van der Waals surface area contributed by atoms with Gasteiger partial charge in [-0.1, -0.05) is 0 Å². The van der Waals surface area contributed by atoms with E-state index >= 15 is 0 Å². The van der Waals surface area contributed by atoms with Crippen LogP contribution < -0.4 is 40.2 Å². The van der Waals surface area contributed by atoms with Crippen LogP contribution in [-0.2, 0) is 14.9 Å². The van der Waals surface area contributed by atoms with Gasteiger partial charge in [-0.25, -0.2) is 8.42 Å². The van der Waals surface area contributed by atoms with Gasteiger partial charge in [-0.2, -0.15) is 10.2 Å². The zero-order valence-electron chi connectivity index (χ0n) is 14.7. The van der Waals surface area contributed by atoms with Gasteiger partial charge in [0.1, 0.15) is 16.0 Å². The summed E-state index contributed by atoms with van der Waals surface area (Å²) in [5, 5.41) is 13.5. The van der Waals surface area contributed by atoms with E-state index in [1.807, 2.05) is 0 Å². The number of carbonyl (C=O) groups excluding carboxylic acids is 1. The molecule has 1 amide bonds. The number of amides is 1. The second kappa shape index (κ2) is 9.79. The molecular weight excluding hydrogens is 367 g/mol. The van der Waals surface area contributed by atoms with Crippen LogP contribution in [-0.4, -0.2) is 24.8 Å². The molecule has 2 N–H and O–H groups in total. The summed E-state index contributed by atoms with van der Waals surface area (Å²) in [6.07, 6.45) is 0. The number of benzene rings is 2. The van der Waals surface area contributed by atoms with Crippen molar-refractivity contribution in [2.75, 3.05) is 16.5 Å². The van der Waals surface area contributed by atoms with Gasteiger partial charge in [0.2, 0.25) is 5.91 Å². The maximum Gasteiger partial charge on any atom is 1.00 e. The van der Waals surface area contributed by atoms with E-state index in [1.54, 1.807) is 49.4 Å². The molecule has 8 nitrogen and oxygen atoms in total. The van der Waals surface area contributed by atoms with E-state index in [2.05, 4.69) is 20.9 Å². The second-order valence-electron chi connectivity index (χ2n) is 5.31. The molecule has 0 aliphatic carbocycles. The normalized spacial score (nSPS) is 11.0. The molecular formula is C16H17N4NaO4S. The molecule has 0 atom stereocenters. The summed E-state index contributed by atoms with van der Waals surface area (Å²) >= 11 is 0. The predicted molar refractivity (Wildman–Crippen MR) is 94.3 cm³/mol. The summed E-state index contributed by atoms with van der Waals surface area (Å²) in [5.74, 6) is -0.822. The van der Waals surface area contributed by atoms with E-state index in [4.69, 9.17) is 0 Å². The van der Waals surface area contributed by atoms with Crippen molar-refractivity contribution in [3.8, 4) is 0 Å². The van der Waals surface area contributed by atoms with Crippen molar-refractivity contribution in [3.05, 3.63) is 48.0 Å². The van der Waals surface area contributed by atoms with E-state index in [9.17, 15) is 17.8 Å². The Morgan fingerprint density at radius 1 is 1.08 bits per heavy atom. The van der Waals surface area contributed by atoms with Crippen molar-refractivity contribution in [2.45, 2.75) is 13.8 Å². The van der Waals surface area contributed by atoms with E-state index in [0.29, 0.717) is 22.7 Å². The Morgan fingerprint density at radius 3 is 2.23 bits per heavy atom. The minimum absolute atomic E-state index is 0. The van der Waals surface area contributed by atoms with Crippen molar-refractivity contribution >= 4 is 38.8 Å². The molecule has 0 saturated heterocycles. The van der Waals surface area contributed by atoms with Crippen LogP contribution in [0.3, 0.4) is 0 Å². The standard InChI is InChI=1S/C16H18N4O4S.Na/c1-11-9-15(17-10-25(22,23)24)7-8-16(11)20-19-14-5-3-13(4-6-14)18-12(2)21;/h3-9,17H,10H2,1-2H3,(H,18,21)(H,22,23,24);/q;+1/p-1. The van der Waals surface area contributed by atoms with Gasteiger partial charge in [-0.3, -0.25) is 4.79 Å². The van der Waals surface area contributed by atoms with Gasteiger partial charge in [-0.05, 0) is 55.0 Å². The van der Waals surface area contributed by atoms with Crippen LogP contribution in [0.1, 0.15) is 12.5 Å². The first-order valence-corrected chi connectivity index (χ1v) is 8.88. The van der Waals surface area contributed by atoms with Gasteiger partial charge in [0.15, 0.2) is 0 Å². The molecule has 0 bridgehead atoms. The van der Waals surface area contributed by atoms with Crippen LogP contribution in [0.4, 0.5) is 22.7 Å². The monoisotopic (exact) mass is 384 g/mol. The van der Waals surface area contributed by atoms with Gasteiger partial charge in [0.25, 0.3) is 0 Å². The molecule has 0 radical (unpaired) electrons. The molecule has 26 heavy (non-hydrogen) atoms. The number of nitrogens with one attached hydrogen (secondary N) is 2. The SMILES string of the molecule is CC(=O)Nc1ccc(N=Nc2ccc(NCS(=O)(=O)[O-])cc2C)cc1.[Na+]. The Labute approximate surface area is 174 Å². The van der Waals surface area contributed by atoms with Crippen LogP contribution >= 0.6 is 0 Å². The Balaban J connectivity index is 0.00000338. The van der Waals surface area contributed by atoms with Crippen molar-refractivity contribution < 1.29 is 47.3 Å². The fourth-order valence-corrected chi connectivity index (χ4v) is 2.32. The first-order valence-electron chi connectivity index (χ1n) is 7.30. The number of hydrogen-bond acceptors (Lipinski definition) is 7. The molecule has 2 aromatic rings. The summed E-state index contributed by atoms with van der Waals surface area (Å²) < 4.78 is 31.9. The summed E-state index contributed by atoms with van der Waals surface area (Å²) in [5.41, 5.74) is 3.18. The molecule has 2 rings (SSSR count). The molecule has 2 aromatic carbocycles. The predicted octanol–water partition coefficient (Wildman–Crippen LogP) is 0.287. The van der Waals surface area contributed by atoms with Crippen molar-refractivity contribution in [2.24, 2.45) is 10.2 Å². The van der Waals surface area contributed by atoms with Gasteiger partial charge in [0.05, 0.1) is 11.4 Å². The van der Waals surface area contributed by atoms with Crippen LogP contribution in [0.5, 0.6) is 0 Å². The van der Waals surface area contributed by atoms with E-state index in [0.717, 1.165) is 5.56 Å². The Hall–Kier alpha value is -1.78. The van der Waals surface area contributed by atoms with Crippen molar-refractivity contribution in [1.82, 2.24) is 0 Å². The molecule has 0 unspecified atom stereocenters. The van der Waals surface area contributed by atoms with Gasteiger partial charge >= 0.3 is 29.6 Å². The Bertz CT molecular complexity index is 899. The van der Waals surface area contributed by atoms with Gasteiger partial charge in [0, 0.05) is 18.3 Å². The smallest absolute Gasteiger partial charge is 0.747 e. The third-order valence-electron chi connectivity index (χ3n) is 3.11. The van der Waals surface area contributed by atoms with E-state index in [-0.39, 0.29) is 35.5 Å². The number of hydrogen-bond donors (Lipinski definition) is 2.